The Labute approximate surface area is 170 Å². The summed E-state index contributed by atoms with van der Waals surface area (Å²) >= 11 is 5.82. The van der Waals surface area contributed by atoms with Crippen molar-refractivity contribution in [2.75, 3.05) is 0 Å². The Kier molecular flexibility index (Phi) is 5.75. The summed E-state index contributed by atoms with van der Waals surface area (Å²) in [5.74, 6) is -3.67. The Morgan fingerprint density at radius 1 is 1.23 bits per heavy atom. The number of alkyl halides is 3. The number of fused-ring (bicyclic) bond motifs is 1. The third-order valence-electron chi connectivity index (χ3n) is 4.24. The summed E-state index contributed by atoms with van der Waals surface area (Å²) in [5, 5.41) is 1.33. The molecular weight excluding hydrogens is 435 g/mol. The van der Waals surface area contributed by atoms with Crippen LogP contribution in [0.3, 0.4) is 0 Å². The smallest absolute Gasteiger partial charge is 0.340 e. The number of halogens is 6. The van der Waals surface area contributed by atoms with Gasteiger partial charge in [0.15, 0.2) is 11.6 Å². The van der Waals surface area contributed by atoms with Crippen molar-refractivity contribution in [1.82, 2.24) is 19.9 Å². The molecule has 0 unspecified atom stereocenters. The minimum atomic E-state index is -4.75. The fourth-order valence-corrected chi connectivity index (χ4v) is 2.94. The molecule has 0 saturated heterocycles. The molecule has 3 aromatic heterocycles. The number of carbonyl (C=O) groups excluding carboxylic acids is 1. The molecule has 0 bridgehead atoms. The van der Waals surface area contributed by atoms with Gasteiger partial charge >= 0.3 is 6.18 Å². The summed E-state index contributed by atoms with van der Waals surface area (Å²) in [6.45, 7) is 1.20. The number of hydrogen-bond donors (Lipinski definition) is 1. The van der Waals surface area contributed by atoms with E-state index in [4.69, 9.17) is 11.6 Å². The second kappa shape index (κ2) is 7.98. The maximum atomic E-state index is 14.3. The predicted octanol–water partition coefficient (Wildman–Crippen LogP) is 3.78. The van der Waals surface area contributed by atoms with Gasteiger partial charge in [-0.1, -0.05) is 18.5 Å². The summed E-state index contributed by atoms with van der Waals surface area (Å²) in [6.07, 6.45) is -3.15. The lowest BCUT2D eigenvalue weighted by Crippen LogP contribution is -2.46. The highest BCUT2D eigenvalue weighted by Gasteiger charge is 2.39. The Morgan fingerprint density at radius 2 is 1.87 bits per heavy atom. The van der Waals surface area contributed by atoms with Crippen molar-refractivity contribution in [3.8, 4) is 5.69 Å². The first-order valence-corrected chi connectivity index (χ1v) is 8.81. The molecule has 1 atom stereocenters. The predicted molar refractivity (Wildman–Crippen MR) is 97.7 cm³/mol. The Bertz CT molecular complexity index is 1180. The van der Waals surface area contributed by atoms with E-state index in [9.17, 15) is 31.5 Å². The van der Waals surface area contributed by atoms with Crippen LogP contribution < -0.4 is 10.7 Å². The maximum Gasteiger partial charge on any atom is 0.408 e. The van der Waals surface area contributed by atoms with Crippen LogP contribution in [0.4, 0.5) is 22.0 Å². The molecule has 0 fully saturated rings. The van der Waals surface area contributed by atoms with Crippen LogP contribution in [0.1, 0.15) is 23.7 Å². The second-order valence-corrected chi connectivity index (χ2v) is 6.56. The van der Waals surface area contributed by atoms with E-state index in [0.29, 0.717) is 18.6 Å². The zero-order chi connectivity index (χ0) is 22.2. The van der Waals surface area contributed by atoms with Crippen LogP contribution in [0.15, 0.2) is 35.5 Å². The van der Waals surface area contributed by atoms with Crippen molar-refractivity contribution >= 4 is 28.5 Å². The Hall–Kier alpha value is -3.08. The van der Waals surface area contributed by atoms with Crippen molar-refractivity contribution in [3.63, 3.8) is 0 Å². The first-order chi connectivity index (χ1) is 14.0. The molecule has 3 aromatic rings. The lowest BCUT2D eigenvalue weighted by Gasteiger charge is -2.20. The van der Waals surface area contributed by atoms with E-state index in [2.05, 4.69) is 9.97 Å². The third-order valence-corrected chi connectivity index (χ3v) is 4.45. The first kappa shape index (κ1) is 21.6. The molecule has 0 aliphatic rings. The van der Waals surface area contributed by atoms with E-state index < -0.39 is 52.9 Å². The summed E-state index contributed by atoms with van der Waals surface area (Å²) in [5.41, 5.74) is -2.77. The zero-order valence-corrected chi connectivity index (χ0v) is 15.9. The van der Waals surface area contributed by atoms with Gasteiger partial charge in [-0.25, -0.2) is 13.8 Å². The Balaban J connectivity index is 2.28. The van der Waals surface area contributed by atoms with Crippen molar-refractivity contribution in [2.45, 2.75) is 25.6 Å². The lowest BCUT2D eigenvalue weighted by molar-refractivity contribution is -0.153. The van der Waals surface area contributed by atoms with Gasteiger partial charge in [0.05, 0.1) is 17.8 Å². The number of hydrogen-bond acceptors (Lipinski definition) is 4. The van der Waals surface area contributed by atoms with E-state index in [-0.39, 0.29) is 16.2 Å². The van der Waals surface area contributed by atoms with Gasteiger partial charge in [0.1, 0.15) is 28.1 Å². The molecule has 158 valence electrons. The van der Waals surface area contributed by atoms with Gasteiger partial charge in [-0.2, -0.15) is 13.2 Å². The van der Waals surface area contributed by atoms with Gasteiger partial charge in [0, 0.05) is 6.20 Å². The number of aromatic nitrogens is 3. The zero-order valence-electron chi connectivity index (χ0n) is 15.1. The molecule has 0 aromatic carbocycles. The Morgan fingerprint density at radius 3 is 2.43 bits per heavy atom. The average molecular weight is 447 g/mol. The molecule has 3 heterocycles. The van der Waals surface area contributed by atoms with Gasteiger partial charge in [0.2, 0.25) is 5.43 Å². The molecule has 6 nitrogen and oxygen atoms in total. The molecular formula is C18H12ClF5N4O2. The largest absolute Gasteiger partial charge is 0.408 e. The summed E-state index contributed by atoms with van der Waals surface area (Å²) in [4.78, 5) is 32.4. The summed E-state index contributed by atoms with van der Waals surface area (Å²) in [7, 11) is 0. The van der Waals surface area contributed by atoms with Gasteiger partial charge in [-0.05, 0) is 18.6 Å². The van der Waals surface area contributed by atoms with Crippen LogP contribution in [0.2, 0.25) is 5.15 Å². The fourth-order valence-electron chi connectivity index (χ4n) is 2.80. The van der Waals surface area contributed by atoms with Crippen molar-refractivity contribution in [1.29, 1.82) is 0 Å². The van der Waals surface area contributed by atoms with E-state index in [1.165, 1.54) is 13.0 Å². The number of rotatable bonds is 4. The highest BCUT2D eigenvalue weighted by molar-refractivity contribution is 6.29. The standard InChI is InChI=1S/C18H12ClF5N4O2/c1-2-12(18(22,23)24)26-17(30)9-7-28(14-10(20)5-25-6-11(14)21)16-8(15(9)29)3-4-13(19)27-16/h3-7,12H,2H2,1H3,(H,26,30)/t12-/m0/s1. The topological polar surface area (TPSA) is 76.9 Å². The number of amides is 1. The molecule has 1 amide bonds. The third kappa shape index (κ3) is 3.97. The van der Waals surface area contributed by atoms with Crippen LogP contribution in [0.25, 0.3) is 16.7 Å². The molecule has 0 spiro atoms. The molecule has 30 heavy (non-hydrogen) atoms. The molecule has 12 heteroatoms. The van der Waals surface area contributed by atoms with Crippen molar-refractivity contribution in [3.05, 3.63) is 63.3 Å². The highest BCUT2D eigenvalue weighted by Crippen LogP contribution is 2.24. The lowest BCUT2D eigenvalue weighted by atomic mass is 10.1. The van der Waals surface area contributed by atoms with Crippen LogP contribution in [0.5, 0.6) is 0 Å². The van der Waals surface area contributed by atoms with E-state index in [1.807, 2.05) is 0 Å². The van der Waals surface area contributed by atoms with Gasteiger partial charge < -0.3 is 5.32 Å². The van der Waals surface area contributed by atoms with E-state index in [0.717, 1.165) is 10.6 Å². The number of nitrogens with zero attached hydrogens (tertiary/aromatic N) is 3. The van der Waals surface area contributed by atoms with E-state index in [1.54, 1.807) is 5.32 Å². The van der Waals surface area contributed by atoms with Gasteiger partial charge in [0.25, 0.3) is 5.91 Å². The first-order valence-electron chi connectivity index (χ1n) is 8.43. The number of carbonyl (C=O) groups is 1. The number of nitrogens with one attached hydrogen (secondary N) is 1. The monoisotopic (exact) mass is 446 g/mol. The van der Waals surface area contributed by atoms with Crippen molar-refractivity contribution in [2.24, 2.45) is 0 Å². The molecule has 0 aliphatic heterocycles. The summed E-state index contributed by atoms with van der Waals surface area (Å²) in [6, 6.07) is 0.130. The van der Waals surface area contributed by atoms with Crippen LogP contribution >= 0.6 is 11.6 Å². The minimum Gasteiger partial charge on any atom is -0.340 e. The second-order valence-electron chi connectivity index (χ2n) is 6.17. The van der Waals surface area contributed by atoms with Crippen molar-refractivity contribution < 1.29 is 26.7 Å². The quantitative estimate of drug-likeness (QED) is 0.489. The SMILES string of the molecule is CC[C@H](NC(=O)c1cn(-c2c(F)cncc2F)c2nc(Cl)ccc2c1=O)C(F)(F)F. The highest BCUT2D eigenvalue weighted by atomic mass is 35.5. The average Bonchev–Trinajstić information content (AvgIpc) is 2.66. The van der Waals surface area contributed by atoms with Crippen LogP contribution in [0, 0.1) is 11.6 Å². The maximum absolute atomic E-state index is 14.3. The molecule has 0 saturated carbocycles. The van der Waals surface area contributed by atoms with Gasteiger partial charge in [-0.15, -0.1) is 0 Å². The molecule has 3 rings (SSSR count). The van der Waals surface area contributed by atoms with Crippen LogP contribution in [-0.4, -0.2) is 32.7 Å². The molecule has 0 aliphatic carbocycles. The van der Waals surface area contributed by atoms with Crippen LogP contribution in [-0.2, 0) is 0 Å². The van der Waals surface area contributed by atoms with E-state index >= 15 is 0 Å². The normalized spacial score (nSPS) is 12.8. The minimum absolute atomic E-state index is 0.120. The van der Waals surface area contributed by atoms with Gasteiger partial charge in [-0.3, -0.25) is 19.1 Å². The molecule has 1 N–H and O–H groups in total. The fraction of sp³-hybridized carbons (Fsp3) is 0.222. The summed E-state index contributed by atoms with van der Waals surface area (Å²) < 4.78 is 68.4. The molecule has 0 radical (unpaired) electrons. The number of pyridine rings is 3.